The Balaban J connectivity index is 1.65. The molecule has 230 valence electrons. The largest absolute Gasteiger partial charge is 0.468 e. The van der Waals surface area contributed by atoms with E-state index >= 15 is 0 Å². The van der Waals surface area contributed by atoms with E-state index in [1.54, 1.807) is 23.8 Å². The number of furan rings is 1. The molecule has 47 heavy (non-hydrogen) atoms. The van der Waals surface area contributed by atoms with Crippen molar-refractivity contribution in [3.63, 3.8) is 0 Å². The fourth-order valence-electron chi connectivity index (χ4n) is 8.13. The first-order chi connectivity index (χ1) is 23.3. The number of rotatable bonds is 8. The minimum Gasteiger partial charge on any atom is -0.468 e. The molecule has 3 N–H and O–H groups in total. The molecule has 4 unspecified atom stereocenters. The highest BCUT2D eigenvalue weighted by molar-refractivity contribution is 7.09. The Morgan fingerprint density at radius 2 is 1.34 bits per heavy atom. The van der Waals surface area contributed by atoms with Crippen molar-refractivity contribution < 1.29 is 9.15 Å². The van der Waals surface area contributed by atoms with Gasteiger partial charge in [0.05, 0.1) is 17.7 Å². The van der Waals surface area contributed by atoms with Gasteiger partial charge in [0.2, 0.25) is 0 Å². The van der Waals surface area contributed by atoms with Crippen molar-refractivity contribution in [3.05, 3.63) is 196 Å². The lowest BCUT2D eigenvalue weighted by Crippen LogP contribution is -2.62. The minimum atomic E-state index is -1.36. The molecule has 6 aromatic heterocycles. The van der Waals surface area contributed by atoms with Gasteiger partial charge in [0.15, 0.2) is 11.2 Å². The standard InChI is InChI=1S/C37H28N6O2S2/c1-3-10-26(11-4-1)36(30-15-8-19-39-30)34(29-17-24-47-43-29,31-16-9-23-44-31)35(28-14-7-18-38-28,33-42-22-25-46-33)37(45-36,32-40-20-21-41-32)27-12-5-2-6-13-27/h1-25,38-39H,(H,40,41). The lowest BCUT2D eigenvalue weighted by atomic mass is 9.46. The van der Waals surface area contributed by atoms with E-state index in [0.717, 1.165) is 33.2 Å². The van der Waals surface area contributed by atoms with Crippen LogP contribution in [0.3, 0.4) is 0 Å². The Hall–Kier alpha value is -5.29. The van der Waals surface area contributed by atoms with Crippen molar-refractivity contribution in [2.24, 2.45) is 0 Å². The van der Waals surface area contributed by atoms with Gasteiger partial charge in [-0.2, -0.15) is 4.37 Å². The highest BCUT2D eigenvalue weighted by Gasteiger charge is 2.86. The molecular weight excluding hydrogens is 625 g/mol. The topological polar surface area (TPSA) is 108 Å². The lowest BCUT2D eigenvalue weighted by Gasteiger charge is -2.51. The van der Waals surface area contributed by atoms with Gasteiger partial charge in [0, 0.05) is 47.4 Å². The van der Waals surface area contributed by atoms with E-state index in [2.05, 4.69) is 57.4 Å². The van der Waals surface area contributed by atoms with Crippen LogP contribution in [-0.2, 0) is 26.8 Å². The van der Waals surface area contributed by atoms with Gasteiger partial charge in [0.25, 0.3) is 0 Å². The predicted octanol–water partition coefficient (Wildman–Crippen LogP) is 7.76. The zero-order valence-electron chi connectivity index (χ0n) is 24.9. The molecule has 8 nitrogen and oxygen atoms in total. The SMILES string of the molecule is c1ccc(C2(c3ccc[nH]3)OC(c3ccccc3)(c3ncc[nH]3)C(c3ccc[nH]3)(c3nccs3)C2(c2ccsn2)c2ccco2)cc1. The molecule has 1 saturated heterocycles. The van der Waals surface area contributed by atoms with Crippen molar-refractivity contribution in [1.82, 2.24) is 29.3 Å². The van der Waals surface area contributed by atoms with Gasteiger partial charge in [-0.3, -0.25) is 0 Å². The smallest absolute Gasteiger partial charge is 0.171 e. The second-order valence-corrected chi connectivity index (χ2v) is 13.1. The number of benzene rings is 2. The molecule has 10 heteroatoms. The third kappa shape index (κ3) is 3.41. The van der Waals surface area contributed by atoms with Crippen LogP contribution in [0, 0.1) is 0 Å². The summed E-state index contributed by atoms with van der Waals surface area (Å²) in [5, 5.41) is 4.83. The van der Waals surface area contributed by atoms with Crippen molar-refractivity contribution in [2.45, 2.75) is 22.0 Å². The number of ether oxygens (including phenoxy) is 1. The molecular formula is C37H28N6O2S2. The molecule has 1 fully saturated rings. The normalized spacial score (nSPS) is 25.7. The summed E-state index contributed by atoms with van der Waals surface area (Å²) in [6.07, 6.45) is 11.1. The van der Waals surface area contributed by atoms with Crippen LogP contribution in [0.25, 0.3) is 0 Å². The van der Waals surface area contributed by atoms with Gasteiger partial charge in [-0.25, -0.2) is 9.97 Å². The first kappa shape index (κ1) is 28.0. The molecule has 0 bridgehead atoms. The average molecular weight is 653 g/mol. The van der Waals surface area contributed by atoms with Gasteiger partial charge in [-0.1, -0.05) is 60.7 Å². The van der Waals surface area contributed by atoms with Crippen molar-refractivity contribution in [1.29, 1.82) is 0 Å². The lowest BCUT2D eigenvalue weighted by molar-refractivity contribution is -0.0937. The Kier molecular flexibility index (Phi) is 6.33. The number of aromatic nitrogens is 6. The molecule has 0 spiro atoms. The maximum absolute atomic E-state index is 8.25. The Morgan fingerprint density at radius 1 is 0.596 bits per heavy atom. The summed E-state index contributed by atoms with van der Waals surface area (Å²) >= 11 is 2.97. The number of nitrogens with one attached hydrogen (secondary N) is 3. The summed E-state index contributed by atoms with van der Waals surface area (Å²) in [6.45, 7) is 0. The fraction of sp³-hybridized carbons (Fsp3) is 0.108. The van der Waals surface area contributed by atoms with Crippen molar-refractivity contribution in [2.75, 3.05) is 0 Å². The molecule has 0 aliphatic carbocycles. The van der Waals surface area contributed by atoms with Crippen LogP contribution in [0.1, 0.15) is 44.8 Å². The zero-order chi connectivity index (χ0) is 31.4. The van der Waals surface area contributed by atoms with Crippen LogP contribution in [0.4, 0.5) is 0 Å². The van der Waals surface area contributed by atoms with Gasteiger partial charge >= 0.3 is 0 Å². The van der Waals surface area contributed by atoms with Crippen LogP contribution in [0.5, 0.6) is 0 Å². The Bertz CT molecular complexity index is 1940. The molecule has 9 rings (SSSR count). The highest BCUT2D eigenvalue weighted by Crippen LogP contribution is 2.77. The van der Waals surface area contributed by atoms with Gasteiger partial charge < -0.3 is 24.1 Å². The number of hydrogen-bond acceptors (Lipinski definition) is 7. The number of H-pyrrole nitrogens is 3. The fourth-order valence-corrected chi connectivity index (χ4v) is 9.65. The maximum Gasteiger partial charge on any atom is 0.171 e. The quantitative estimate of drug-likeness (QED) is 0.156. The van der Waals surface area contributed by atoms with E-state index in [9.17, 15) is 0 Å². The minimum absolute atomic E-state index is 0.615. The van der Waals surface area contributed by atoms with E-state index in [0.29, 0.717) is 11.6 Å². The second-order valence-electron chi connectivity index (χ2n) is 11.5. The third-order valence-corrected chi connectivity index (χ3v) is 11.0. The number of aromatic amines is 3. The first-order valence-corrected chi connectivity index (χ1v) is 17.0. The first-order valence-electron chi connectivity index (χ1n) is 15.2. The molecule has 2 aromatic carbocycles. The third-order valence-electron chi connectivity index (χ3n) is 9.56. The molecule has 1 aliphatic rings. The van der Waals surface area contributed by atoms with Crippen molar-refractivity contribution >= 4 is 22.9 Å². The number of hydrogen-bond donors (Lipinski definition) is 3. The molecule has 4 atom stereocenters. The van der Waals surface area contributed by atoms with Crippen LogP contribution in [0.15, 0.2) is 156 Å². The monoisotopic (exact) mass is 652 g/mol. The molecule has 8 aromatic rings. The van der Waals surface area contributed by atoms with E-state index in [4.69, 9.17) is 23.5 Å². The summed E-state index contributed by atoms with van der Waals surface area (Å²) in [5.41, 5.74) is -0.929. The number of thiazole rings is 1. The highest BCUT2D eigenvalue weighted by atomic mass is 32.1. The van der Waals surface area contributed by atoms with E-state index in [1.807, 2.05) is 96.2 Å². The van der Waals surface area contributed by atoms with Crippen LogP contribution >= 0.6 is 22.9 Å². The summed E-state index contributed by atoms with van der Waals surface area (Å²) in [5.74, 6) is 1.28. The molecule has 0 amide bonds. The average Bonchev–Trinajstić information content (AvgIpc) is 3.97. The van der Waals surface area contributed by atoms with Gasteiger partial charge in [0.1, 0.15) is 27.4 Å². The summed E-state index contributed by atoms with van der Waals surface area (Å²) in [7, 11) is 0. The molecule has 0 radical (unpaired) electrons. The summed E-state index contributed by atoms with van der Waals surface area (Å²) in [6, 6.07) is 35.0. The van der Waals surface area contributed by atoms with Crippen LogP contribution < -0.4 is 0 Å². The zero-order valence-corrected chi connectivity index (χ0v) is 26.5. The Morgan fingerprint density at radius 3 is 1.91 bits per heavy atom. The second kappa shape index (κ2) is 10.6. The molecule has 1 aliphatic heterocycles. The van der Waals surface area contributed by atoms with E-state index in [1.165, 1.54) is 11.5 Å². The van der Waals surface area contributed by atoms with E-state index in [-0.39, 0.29) is 0 Å². The molecule has 0 saturated carbocycles. The predicted molar refractivity (Wildman–Crippen MR) is 180 cm³/mol. The maximum atomic E-state index is 8.25. The van der Waals surface area contributed by atoms with E-state index < -0.39 is 22.0 Å². The number of imidazole rings is 1. The van der Waals surface area contributed by atoms with Crippen molar-refractivity contribution in [3.8, 4) is 0 Å². The Labute approximate surface area is 278 Å². The summed E-state index contributed by atoms with van der Waals surface area (Å²) in [4.78, 5) is 21.1. The van der Waals surface area contributed by atoms with Gasteiger partial charge in [-0.05, 0) is 65.1 Å². The van der Waals surface area contributed by atoms with Crippen LogP contribution in [0.2, 0.25) is 0 Å². The summed E-state index contributed by atoms with van der Waals surface area (Å²) < 4.78 is 20.2. The van der Waals surface area contributed by atoms with Crippen LogP contribution in [-0.4, -0.2) is 29.3 Å². The molecule has 7 heterocycles. The number of nitrogens with zero attached hydrogens (tertiary/aromatic N) is 3. The van der Waals surface area contributed by atoms with Gasteiger partial charge in [-0.15, -0.1) is 11.3 Å².